The Labute approximate surface area is 264 Å². The summed E-state index contributed by atoms with van der Waals surface area (Å²) in [4.78, 5) is 60.5. The molecule has 0 N–H and O–H groups in total. The van der Waals surface area contributed by atoms with E-state index >= 15 is 0 Å². The molecule has 3 heterocycles. The van der Waals surface area contributed by atoms with Crippen LogP contribution in [0.15, 0.2) is 78.9 Å². The first-order valence-electron chi connectivity index (χ1n) is 15.3. The highest BCUT2D eigenvalue weighted by molar-refractivity contribution is 6.38. The van der Waals surface area contributed by atoms with Crippen molar-refractivity contribution < 1.29 is 28.7 Å². The highest BCUT2D eigenvalue weighted by Crippen LogP contribution is 2.46. The Morgan fingerprint density at radius 3 is 1.52 bits per heavy atom. The molecule has 0 aliphatic carbocycles. The number of piperidine rings is 1. The summed E-state index contributed by atoms with van der Waals surface area (Å²) in [5.74, 6) is -1.80. The average molecular weight is 612 g/mol. The monoisotopic (exact) mass is 611 g/mol. The molecule has 4 amide bonds. The van der Waals surface area contributed by atoms with Crippen LogP contribution in [0.1, 0.15) is 60.7 Å². The van der Waals surface area contributed by atoms with E-state index in [1.165, 1.54) is 32.8 Å². The number of methoxy groups -OCH3 is 2. The van der Waals surface area contributed by atoms with Crippen molar-refractivity contribution in [1.82, 2.24) is 0 Å². The van der Waals surface area contributed by atoms with Crippen LogP contribution >= 0.6 is 0 Å². The van der Waals surface area contributed by atoms with Crippen molar-refractivity contribution in [2.24, 2.45) is 0 Å². The fraction of sp³-hybridized carbons (Fsp3) is 0.189. The van der Waals surface area contributed by atoms with E-state index in [4.69, 9.17) is 9.47 Å². The van der Waals surface area contributed by atoms with Gasteiger partial charge in [-0.25, -0.2) is 9.80 Å². The van der Waals surface area contributed by atoms with Gasteiger partial charge >= 0.3 is 0 Å². The second kappa shape index (κ2) is 10.4. The van der Waals surface area contributed by atoms with Crippen LogP contribution in [0.5, 0.6) is 11.5 Å². The zero-order chi connectivity index (χ0) is 31.7. The van der Waals surface area contributed by atoms with Crippen molar-refractivity contribution in [2.75, 3.05) is 42.0 Å². The van der Waals surface area contributed by atoms with E-state index in [1.54, 1.807) is 36.4 Å². The van der Waals surface area contributed by atoms with E-state index in [0.717, 1.165) is 52.2 Å². The molecule has 3 aliphatic heterocycles. The number of benzene rings is 5. The summed E-state index contributed by atoms with van der Waals surface area (Å²) in [7, 11) is 2.81. The van der Waals surface area contributed by atoms with Gasteiger partial charge in [0.2, 0.25) is 0 Å². The highest BCUT2D eigenvalue weighted by atomic mass is 16.5. The lowest BCUT2D eigenvalue weighted by Gasteiger charge is -2.33. The number of anilines is 3. The van der Waals surface area contributed by atoms with Crippen LogP contribution < -0.4 is 24.2 Å². The molecule has 228 valence electrons. The number of nitrogens with zero attached hydrogens (tertiary/aromatic N) is 3. The minimum atomic E-state index is -0.516. The number of carbonyl (C=O) groups is 4. The minimum absolute atomic E-state index is 0.120. The Morgan fingerprint density at radius 2 is 1.00 bits per heavy atom. The molecule has 1 saturated heterocycles. The summed E-state index contributed by atoms with van der Waals surface area (Å²) in [6, 6.07) is 22.9. The lowest BCUT2D eigenvalue weighted by atomic mass is 9.91. The summed E-state index contributed by atoms with van der Waals surface area (Å²) < 4.78 is 11.4. The Hall–Kier alpha value is -5.70. The van der Waals surface area contributed by atoms with Crippen LogP contribution in [0.4, 0.5) is 17.1 Å². The Bertz CT molecular complexity index is 2090. The van der Waals surface area contributed by atoms with E-state index in [1.807, 2.05) is 30.3 Å². The first-order valence-corrected chi connectivity index (χ1v) is 15.3. The molecule has 0 aromatic heterocycles. The molecule has 8 rings (SSSR count). The van der Waals surface area contributed by atoms with Gasteiger partial charge in [0, 0.05) is 69.3 Å². The van der Waals surface area contributed by atoms with Gasteiger partial charge in [0.1, 0.15) is 11.5 Å². The molecular weight excluding hydrogens is 582 g/mol. The van der Waals surface area contributed by atoms with Gasteiger partial charge in [0.15, 0.2) is 0 Å². The van der Waals surface area contributed by atoms with Crippen LogP contribution in [-0.2, 0) is 0 Å². The van der Waals surface area contributed by atoms with E-state index in [-0.39, 0.29) is 22.9 Å². The van der Waals surface area contributed by atoms with Crippen molar-refractivity contribution in [3.05, 3.63) is 101 Å². The molecule has 9 nitrogen and oxygen atoms in total. The average Bonchev–Trinajstić information content (AvgIpc) is 3.09. The normalized spacial score (nSPS) is 16.1. The molecule has 0 saturated carbocycles. The van der Waals surface area contributed by atoms with Crippen molar-refractivity contribution in [3.63, 3.8) is 0 Å². The molecule has 3 aliphatic rings. The van der Waals surface area contributed by atoms with Crippen LogP contribution in [-0.4, -0.2) is 50.9 Å². The van der Waals surface area contributed by atoms with Gasteiger partial charge in [-0.3, -0.25) is 19.2 Å². The van der Waals surface area contributed by atoms with Crippen LogP contribution in [0.3, 0.4) is 0 Å². The summed E-state index contributed by atoms with van der Waals surface area (Å²) in [5.41, 5.74) is 2.87. The van der Waals surface area contributed by atoms with Gasteiger partial charge in [-0.2, -0.15) is 0 Å². The molecule has 9 heteroatoms. The van der Waals surface area contributed by atoms with Crippen molar-refractivity contribution >= 4 is 62.2 Å². The summed E-state index contributed by atoms with van der Waals surface area (Å²) >= 11 is 0. The second-order valence-corrected chi connectivity index (χ2v) is 11.7. The second-order valence-electron chi connectivity index (χ2n) is 11.7. The third-order valence-electron chi connectivity index (χ3n) is 9.32. The van der Waals surface area contributed by atoms with Crippen LogP contribution in [0, 0.1) is 0 Å². The number of hydrogen-bond donors (Lipinski definition) is 0. The van der Waals surface area contributed by atoms with E-state index in [2.05, 4.69) is 4.90 Å². The van der Waals surface area contributed by atoms with Crippen molar-refractivity contribution in [2.45, 2.75) is 19.3 Å². The molecular formula is C37H29N3O6. The lowest BCUT2D eigenvalue weighted by Crippen LogP contribution is -2.42. The van der Waals surface area contributed by atoms with E-state index < -0.39 is 23.6 Å². The zero-order valence-corrected chi connectivity index (χ0v) is 25.3. The topological polar surface area (TPSA) is 96.5 Å². The summed E-state index contributed by atoms with van der Waals surface area (Å²) in [6.07, 6.45) is 3.39. The van der Waals surface area contributed by atoms with Crippen LogP contribution in [0.2, 0.25) is 0 Å². The molecule has 0 radical (unpaired) electrons. The number of hydrogen-bond acceptors (Lipinski definition) is 7. The first kappa shape index (κ1) is 27.8. The lowest BCUT2D eigenvalue weighted by molar-refractivity contribution is 0.0875. The molecule has 0 spiro atoms. The van der Waals surface area contributed by atoms with Crippen molar-refractivity contribution in [1.29, 1.82) is 0 Å². The maximum Gasteiger partial charge on any atom is 0.266 e. The summed E-state index contributed by atoms with van der Waals surface area (Å²) in [6.45, 7) is 1.86. The predicted molar refractivity (Wildman–Crippen MR) is 176 cm³/mol. The fourth-order valence-corrected chi connectivity index (χ4v) is 7.17. The van der Waals surface area contributed by atoms with Crippen molar-refractivity contribution in [3.8, 4) is 11.5 Å². The molecule has 1 fully saturated rings. The van der Waals surface area contributed by atoms with Gasteiger partial charge in [0.25, 0.3) is 23.6 Å². The first-order chi connectivity index (χ1) is 22.4. The number of carbonyl (C=O) groups excluding carboxylic acids is 4. The fourth-order valence-electron chi connectivity index (χ4n) is 7.17. The summed E-state index contributed by atoms with van der Waals surface area (Å²) in [5, 5.41) is 2.89. The molecule has 5 aromatic carbocycles. The third-order valence-corrected chi connectivity index (χ3v) is 9.32. The van der Waals surface area contributed by atoms with E-state index in [0.29, 0.717) is 33.0 Å². The maximum absolute atomic E-state index is 14.2. The van der Waals surface area contributed by atoms with Gasteiger partial charge < -0.3 is 14.4 Å². The quantitative estimate of drug-likeness (QED) is 0.207. The molecule has 0 unspecified atom stereocenters. The molecule has 46 heavy (non-hydrogen) atoms. The number of amides is 4. The maximum atomic E-state index is 14.2. The number of ether oxygens (including phenoxy) is 2. The van der Waals surface area contributed by atoms with Gasteiger partial charge in [0.05, 0.1) is 25.6 Å². The predicted octanol–water partition coefficient (Wildman–Crippen LogP) is 6.60. The Balaban J connectivity index is 1.24. The molecule has 0 atom stereocenters. The van der Waals surface area contributed by atoms with Gasteiger partial charge in [-0.1, -0.05) is 36.4 Å². The zero-order valence-electron chi connectivity index (χ0n) is 25.3. The third kappa shape index (κ3) is 3.87. The standard InChI is InChI=1S/C37H29N3O6/c1-45-30-20-29(31(46-2)19-28(30)39-34(41)23-12-6-9-21-10-7-13-24(32(21)23)35(39)42)40-36(43)25-14-8-11-22-27(38-17-4-3-5-18-38)16-15-26(33(22)25)37(40)44/h6-16,19-20H,3-5,17-18H2,1-2H3. The van der Waals surface area contributed by atoms with Crippen LogP contribution in [0.25, 0.3) is 21.5 Å². The molecule has 5 aromatic rings. The van der Waals surface area contributed by atoms with Gasteiger partial charge in [-0.15, -0.1) is 0 Å². The Morgan fingerprint density at radius 1 is 0.522 bits per heavy atom. The minimum Gasteiger partial charge on any atom is -0.494 e. The largest absolute Gasteiger partial charge is 0.494 e. The molecule has 0 bridgehead atoms. The number of rotatable bonds is 5. The SMILES string of the molecule is COc1cc(N2C(=O)c3cccc4c(N5CCCCC5)ccc(c34)C2=O)c(OC)cc1N1C(=O)c2cccc3cccc(c23)C1=O. The highest BCUT2D eigenvalue weighted by Gasteiger charge is 2.40. The Kier molecular flexibility index (Phi) is 6.32. The van der Waals surface area contributed by atoms with Gasteiger partial charge in [-0.05, 0) is 55.0 Å². The van der Waals surface area contributed by atoms with E-state index in [9.17, 15) is 19.2 Å². The number of imide groups is 2. The smallest absolute Gasteiger partial charge is 0.266 e.